The molecule has 0 heterocycles. The van der Waals surface area contributed by atoms with E-state index < -0.39 is 6.10 Å². The van der Waals surface area contributed by atoms with E-state index >= 15 is 0 Å². The van der Waals surface area contributed by atoms with Crippen LogP contribution in [-0.4, -0.2) is 37.2 Å². The van der Waals surface area contributed by atoms with E-state index in [1.54, 1.807) is 0 Å². The summed E-state index contributed by atoms with van der Waals surface area (Å²) in [5.41, 5.74) is 0. The second kappa shape index (κ2) is 67.6. The predicted octanol–water partition coefficient (Wildman–Crippen LogP) is 23.9. The molecule has 0 aromatic heterocycles. The Hall–Kier alpha value is -2.89. The highest BCUT2D eigenvalue weighted by Crippen LogP contribution is 2.17. The third kappa shape index (κ3) is 65.8. The SMILES string of the molecule is CCC/C=C\C/C=C\CCCCCCCC(=O)OCC(COC(=O)CCCCCCCCCCCCCCC/C=C\CCCCCCCCCC)OC(=O)CCCCCCCCCCCCC/C=C\C/C=C\CCCCCCC. The molecule has 1 unspecified atom stereocenters. The Bertz CT molecular complexity index is 1410. The van der Waals surface area contributed by atoms with Crippen molar-refractivity contribution >= 4 is 17.9 Å². The van der Waals surface area contributed by atoms with E-state index in [1.165, 1.54) is 238 Å². The van der Waals surface area contributed by atoms with Crippen LogP contribution in [0, 0.1) is 0 Å². The fraction of sp³-hybridized carbons (Fsp3) is 0.822. The number of hydrogen-bond donors (Lipinski definition) is 0. The zero-order valence-electron chi connectivity index (χ0n) is 52.9. The Labute approximate surface area is 491 Å². The molecule has 0 fully saturated rings. The highest BCUT2D eigenvalue weighted by Gasteiger charge is 2.19. The van der Waals surface area contributed by atoms with Gasteiger partial charge in [0, 0.05) is 19.3 Å². The number of carbonyl (C=O) groups is 3. The smallest absolute Gasteiger partial charge is 0.306 e. The second-order valence-corrected chi connectivity index (χ2v) is 23.4. The molecule has 0 rings (SSSR count). The monoisotopic (exact) mass is 1110 g/mol. The molecule has 0 aromatic rings. The van der Waals surface area contributed by atoms with Gasteiger partial charge in [-0.25, -0.2) is 0 Å². The average molecular weight is 1110 g/mol. The zero-order chi connectivity index (χ0) is 57.1. The van der Waals surface area contributed by atoms with E-state index in [9.17, 15) is 14.4 Å². The van der Waals surface area contributed by atoms with Crippen LogP contribution < -0.4 is 0 Å². The first-order chi connectivity index (χ1) is 39.0. The highest BCUT2D eigenvalue weighted by atomic mass is 16.6. The largest absolute Gasteiger partial charge is 0.462 e. The summed E-state index contributed by atoms with van der Waals surface area (Å²) in [7, 11) is 0. The lowest BCUT2D eigenvalue weighted by molar-refractivity contribution is -0.167. The highest BCUT2D eigenvalue weighted by molar-refractivity contribution is 5.71. The van der Waals surface area contributed by atoms with Crippen molar-refractivity contribution in [2.24, 2.45) is 0 Å². The standard InChI is InChI=1S/C73H132O6/c1-4-7-10-13-16-19-22-25-27-29-31-33-35-36-38-39-41-43-45-48-51-54-57-60-63-66-72(75)78-69-70(68-77-71(74)65-62-59-56-53-50-47-24-21-18-15-12-9-6-3)79-73(76)67-64-61-58-55-52-49-46-44-42-40-37-34-32-30-28-26-23-20-17-14-11-8-5-2/h12,15,21,23-24,26,29-32,70H,4-11,13-14,16-20,22,25,27-28,33-69H2,1-3H3/b15-12-,24-21-,26-23-,31-29-,32-30-. The minimum atomic E-state index is -0.782. The molecular weight excluding hydrogens is 973 g/mol. The molecule has 0 aromatic carbocycles. The van der Waals surface area contributed by atoms with Gasteiger partial charge in [-0.3, -0.25) is 14.4 Å². The van der Waals surface area contributed by atoms with E-state index in [4.69, 9.17) is 14.2 Å². The summed E-state index contributed by atoms with van der Waals surface area (Å²) in [5, 5.41) is 0. The van der Waals surface area contributed by atoms with E-state index in [-0.39, 0.29) is 31.1 Å². The quantitative estimate of drug-likeness (QED) is 0.0261. The molecule has 0 aliphatic heterocycles. The first-order valence-electron chi connectivity index (χ1n) is 34.8. The van der Waals surface area contributed by atoms with Gasteiger partial charge in [0.25, 0.3) is 0 Å². The van der Waals surface area contributed by atoms with Crippen LogP contribution in [0.4, 0.5) is 0 Å². The fourth-order valence-electron chi connectivity index (χ4n) is 10.2. The Kier molecular flexibility index (Phi) is 65.1. The van der Waals surface area contributed by atoms with Gasteiger partial charge in [0.1, 0.15) is 13.2 Å². The number of unbranched alkanes of at least 4 members (excludes halogenated alkanes) is 43. The summed E-state index contributed by atoms with van der Waals surface area (Å²) >= 11 is 0. The lowest BCUT2D eigenvalue weighted by Gasteiger charge is -2.18. The first kappa shape index (κ1) is 76.1. The molecule has 0 radical (unpaired) electrons. The van der Waals surface area contributed by atoms with Gasteiger partial charge < -0.3 is 14.2 Å². The minimum absolute atomic E-state index is 0.0770. The minimum Gasteiger partial charge on any atom is -0.462 e. The average Bonchev–Trinajstić information content (AvgIpc) is 3.45. The molecular formula is C73H132O6. The Morgan fingerprint density at radius 2 is 0.481 bits per heavy atom. The van der Waals surface area contributed by atoms with Crippen molar-refractivity contribution in [1.29, 1.82) is 0 Å². The van der Waals surface area contributed by atoms with Crippen molar-refractivity contribution < 1.29 is 28.6 Å². The number of esters is 3. The summed E-state index contributed by atoms with van der Waals surface area (Å²) in [5.74, 6) is -0.874. The maximum atomic E-state index is 12.9. The number of allylic oxidation sites excluding steroid dienone is 10. The first-order valence-corrected chi connectivity index (χ1v) is 34.8. The van der Waals surface area contributed by atoms with Gasteiger partial charge in [0.15, 0.2) is 6.10 Å². The van der Waals surface area contributed by atoms with Gasteiger partial charge in [0.05, 0.1) is 0 Å². The molecule has 79 heavy (non-hydrogen) atoms. The van der Waals surface area contributed by atoms with Crippen LogP contribution in [0.2, 0.25) is 0 Å². The molecule has 0 bridgehead atoms. The van der Waals surface area contributed by atoms with Gasteiger partial charge in [-0.05, 0) is 103 Å². The van der Waals surface area contributed by atoms with Gasteiger partial charge >= 0.3 is 17.9 Å². The lowest BCUT2D eigenvalue weighted by atomic mass is 10.0. The third-order valence-corrected chi connectivity index (χ3v) is 15.4. The van der Waals surface area contributed by atoms with Crippen LogP contribution in [0.5, 0.6) is 0 Å². The molecule has 6 nitrogen and oxygen atoms in total. The van der Waals surface area contributed by atoms with Crippen molar-refractivity contribution in [1.82, 2.24) is 0 Å². The maximum absolute atomic E-state index is 12.9. The van der Waals surface area contributed by atoms with E-state index in [1.807, 2.05) is 0 Å². The molecule has 0 N–H and O–H groups in total. The normalized spacial score (nSPS) is 12.4. The van der Waals surface area contributed by atoms with Gasteiger partial charge in [-0.15, -0.1) is 0 Å². The van der Waals surface area contributed by atoms with E-state index in [0.29, 0.717) is 19.3 Å². The topological polar surface area (TPSA) is 78.9 Å². The molecule has 0 amide bonds. The summed E-state index contributed by atoms with van der Waals surface area (Å²) in [6, 6.07) is 0. The van der Waals surface area contributed by atoms with Gasteiger partial charge in [0.2, 0.25) is 0 Å². The van der Waals surface area contributed by atoms with Gasteiger partial charge in [-0.1, -0.05) is 306 Å². The summed E-state index contributed by atoms with van der Waals surface area (Å²) < 4.78 is 17.0. The molecule has 0 aliphatic rings. The van der Waals surface area contributed by atoms with Crippen LogP contribution in [0.25, 0.3) is 0 Å². The summed E-state index contributed by atoms with van der Waals surface area (Å²) in [4.78, 5) is 38.4. The third-order valence-electron chi connectivity index (χ3n) is 15.4. The van der Waals surface area contributed by atoms with Crippen molar-refractivity contribution in [2.75, 3.05) is 13.2 Å². The second-order valence-electron chi connectivity index (χ2n) is 23.4. The molecule has 0 saturated heterocycles. The number of rotatable bonds is 64. The van der Waals surface area contributed by atoms with Gasteiger partial charge in [-0.2, -0.15) is 0 Å². The van der Waals surface area contributed by atoms with Crippen LogP contribution in [0.1, 0.15) is 367 Å². The number of carbonyl (C=O) groups excluding carboxylic acids is 3. The molecule has 1 atom stereocenters. The van der Waals surface area contributed by atoms with Crippen molar-refractivity contribution in [3.05, 3.63) is 60.8 Å². The van der Waals surface area contributed by atoms with Crippen molar-refractivity contribution in [3.8, 4) is 0 Å². The summed E-state index contributed by atoms with van der Waals surface area (Å²) in [6.45, 7) is 6.61. The molecule has 0 spiro atoms. The lowest BCUT2D eigenvalue weighted by Crippen LogP contribution is -2.30. The molecule has 6 heteroatoms. The van der Waals surface area contributed by atoms with Crippen LogP contribution in [0.3, 0.4) is 0 Å². The number of ether oxygens (including phenoxy) is 3. The molecule has 0 aliphatic carbocycles. The van der Waals surface area contributed by atoms with Crippen LogP contribution in [-0.2, 0) is 28.6 Å². The summed E-state index contributed by atoms with van der Waals surface area (Å²) in [6.07, 6.45) is 86.7. The van der Waals surface area contributed by atoms with E-state index in [0.717, 1.165) is 89.9 Å². The van der Waals surface area contributed by atoms with Crippen LogP contribution >= 0.6 is 0 Å². The number of hydrogen-bond acceptors (Lipinski definition) is 6. The van der Waals surface area contributed by atoms with E-state index in [2.05, 4.69) is 81.5 Å². The van der Waals surface area contributed by atoms with Crippen molar-refractivity contribution in [3.63, 3.8) is 0 Å². The van der Waals surface area contributed by atoms with Crippen molar-refractivity contribution in [2.45, 2.75) is 374 Å². The Morgan fingerprint density at radius 1 is 0.253 bits per heavy atom. The molecule has 0 saturated carbocycles. The zero-order valence-corrected chi connectivity index (χ0v) is 52.9. The Morgan fingerprint density at radius 3 is 0.759 bits per heavy atom. The predicted molar refractivity (Wildman–Crippen MR) is 344 cm³/mol. The Balaban J connectivity index is 4.26. The fourth-order valence-corrected chi connectivity index (χ4v) is 10.2. The maximum Gasteiger partial charge on any atom is 0.306 e. The molecule has 460 valence electrons. The van der Waals surface area contributed by atoms with Crippen LogP contribution in [0.15, 0.2) is 60.8 Å².